The molecule has 1 heterocycles. The molecule has 1 aromatic carbocycles. The minimum absolute atomic E-state index is 0.584. The second kappa shape index (κ2) is 5.77. The molecule has 0 saturated carbocycles. The standard InChI is InChI=1S/C13H21N3O/c14-12-5-4-11(10-13(12)15)17-9-8-16-6-2-1-3-7-16/h4-5,10H,1-3,6-9,14-15H2. The van der Waals surface area contributed by atoms with E-state index < -0.39 is 0 Å². The number of nitrogen functional groups attached to an aromatic ring is 2. The van der Waals surface area contributed by atoms with Crippen molar-refractivity contribution in [2.45, 2.75) is 19.3 Å². The molecule has 0 amide bonds. The molecule has 0 unspecified atom stereocenters. The molecule has 1 aromatic rings. The summed E-state index contributed by atoms with van der Waals surface area (Å²) in [5, 5.41) is 0. The number of nitrogens with two attached hydrogens (primary N) is 2. The maximum atomic E-state index is 5.72. The lowest BCUT2D eigenvalue weighted by molar-refractivity contribution is 0.183. The van der Waals surface area contributed by atoms with Crippen LogP contribution in [0.4, 0.5) is 11.4 Å². The normalized spacial score (nSPS) is 16.9. The molecule has 1 aliphatic heterocycles. The van der Waals surface area contributed by atoms with Gasteiger partial charge in [-0.05, 0) is 38.1 Å². The Balaban J connectivity index is 1.75. The van der Waals surface area contributed by atoms with Crippen LogP contribution < -0.4 is 16.2 Å². The van der Waals surface area contributed by atoms with E-state index in [1.54, 1.807) is 12.1 Å². The maximum Gasteiger partial charge on any atom is 0.121 e. The zero-order chi connectivity index (χ0) is 12.1. The Morgan fingerprint density at radius 1 is 1.06 bits per heavy atom. The van der Waals surface area contributed by atoms with Gasteiger partial charge in [0.05, 0.1) is 11.4 Å². The Labute approximate surface area is 103 Å². The van der Waals surface area contributed by atoms with Crippen LogP contribution >= 0.6 is 0 Å². The lowest BCUT2D eigenvalue weighted by Crippen LogP contribution is -2.33. The number of hydrogen-bond donors (Lipinski definition) is 2. The molecule has 1 aliphatic rings. The van der Waals surface area contributed by atoms with Crippen LogP contribution in [0.25, 0.3) is 0 Å². The first-order valence-corrected chi connectivity index (χ1v) is 6.26. The summed E-state index contributed by atoms with van der Waals surface area (Å²) in [5.41, 5.74) is 12.6. The summed E-state index contributed by atoms with van der Waals surface area (Å²) >= 11 is 0. The highest BCUT2D eigenvalue weighted by Crippen LogP contribution is 2.21. The average molecular weight is 235 g/mol. The second-order valence-corrected chi connectivity index (χ2v) is 4.54. The number of anilines is 2. The lowest BCUT2D eigenvalue weighted by atomic mass is 10.1. The van der Waals surface area contributed by atoms with Crippen molar-refractivity contribution in [2.75, 3.05) is 37.7 Å². The zero-order valence-electron chi connectivity index (χ0n) is 10.2. The molecule has 4 nitrogen and oxygen atoms in total. The van der Waals surface area contributed by atoms with Crippen LogP contribution in [-0.2, 0) is 0 Å². The Hall–Kier alpha value is -1.42. The summed E-state index contributed by atoms with van der Waals surface area (Å²) in [6.45, 7) is 4.11. The fourth-order valence-corrected chi connectivity index (χ4v) is 2.12. The number of rotatable bonds is 4. The van der Waals surface area contributed by atoms with E-state index in [9.17, 15) is 0 Å². The Bertz CT molecular complexity index is 362. The van der Waals surface area contributed by atoms with E-state index in [0.717, 1.165) is 12.3 Å². The van der Waals surface area contributed by atoms with Gasteiger partial charge in [0.25, 0.3) is 0 Å². The van der Waals surface area contributed by atoms with Crippen molar-refractivity contribution in [3.63, 3.8) is 0 Å². The van der Waals surface area contributed by atoms with Crippen LogP contribution in [0.5, 0.6) is 5.75 Å². The molecule has 0 aromatic heterocycles. The van der Waals surface area contributed by atoms with Crippen LogP contribution in [0.15, 0.2) is 18.2 Å². The van der Waals surface area contributed by atoms with E-state index in [1.165, 1.54) is 32.4 Å². The van der Waals surface area contributed by atoms with Gasteiger partial charge in [0.1, 0.15) is 12.4 Å². The van der Waals surface area contributed by atoms with E-state index in [4.69, 9.17) is 16.2 Å². The largest absolute Gasteiger partial charge is 0.492 e. The van der Waals surface area contributed by atoms with Gasteiger partial charge < -0.3 is 16.2 Å². The average Bonchev–Trinajstić information content (AvgIpc) is 2.35. The van der Waals surface area contributed by atoms with E-state index in [-0.39, 0.29) is 0 Å². The molecule has 0 radical (unpaired) electrons. The first kappa shape index (κ1) is 12.0. The summed E-state index contributed by atoms with van der Waals surface area (Å²) in [5.74, 6) is 0.800. The quantitative estimate of drug-likeness (QED) is 0.780. The van der Waals surface area contributed by atoms with Crippen LogP contribution in [0.1, 0.15) is 19.3 Å². The molecular weight excluding hydrogens is 214 g/mol. The van der Waals surface area contributed by atoms with Gasteiger partial charge in [-0.15, -0.1) is 0 Å². The fourth-order valence-electron chi connectivity index (χ4n) is 2.12. The SMILES string of the molecule is Nc1ccc(OCCN2CCCCC2)cc1N. The van der Waals surface area contributed by atoms with Crippen LogP contribution in [-0.4, -0.2) is 31.1 Å². The summed E-state index contributed by atoms with van der Waals surface area (Å²) in [4.78, 5) is 2.45. The Morgan fingerprint density at radius 2 is 1.82 bits per heavy atom. The zero-order valence-corrected chi connectivity index (χ0v) is 10.2. The molecular formula is C13H21N3O. The van der Waals surface area contributed by atoms with Crippen molar-refractivity contribution in [2.24, 2.45) is 0 Å². The molecule has 0 bridgehead atoms. The van der Waals surface area contributed by atoms with Crippen molar-refractivity contribution in [1.29, 1.82) is 0 Å². The highest BCUT2D eigenvalue weighted by molar-refractivity contribution is 5.65. The first-order chi connectivity index (χ1) is 8.25. The van der Waals surface area contributed by atoms with Gasteiger partial charge in [0.15, 0.2) is 0 Å². The van der Waals surface area contributed by atoms with Crippen LogP contribution in [0.2, 0.25) is 0 Å². The van der Waals surface area contributed by atoms with Crippen molar-refractivity contribution in [1.82, 2.24) is 4.90 Å². The number of ether oxygens (including phenoxy) is 1. The van der Waals surface area contributed by atoms with Gasteiger partial charge >= 0.3 is 0 Å². The Kier molecular flexibility index (Phi) is 4.09. The first-order valence-electron chi connectivity index (χ1n) is 6.26. The smallest absolute Gasteiger partial charge is 0.121 e. The van der Waals surface area contributed by atoms with E-state index in [2.05, 4.69) is 4.90 Å². The predicted octanol–water partition coefficient (Wildman–Crippen LogP) is 1.72. The van der Waals surface area contributed by atoms with Crippen molar-refractivity contribution in [3.05, 3.63) is 18.2 Å². The van der Waals surface area contributed by atoms with E-state index in [1.807, 2.05) is 6.07 Å². The number of nitrogens with zero attached hydrogens (tertiary/aromatic N) is 1. The van der Waals surface area contributed by atoms with E-state index >= 15 is 0 Å². The molecule has 1 saturated heterocycles. The lowest BCUT2D eigenvalue weighted by Gasteiger charge is -2.26. The van der Waals surface area contributed by atoms with Crippen molar-refractivity contribution < 1.29 is 4.74 Å². The van der Waals surface area contributed by atoms with Crippen LogP contribution in [0, 0.1) is 0 Å². The highest BCUT2D eigenvalue weighted by atomic mass is 16.5. The van der Waals surface area contributed by atoms with Gasteiger partial charge in [-0.25, -0.2) is 0 Å². The maximum absolute atomic E-state index is 5.72. The summed E-state index contributed by atoms with van der Waals surface area (Å²) < 4.78 is 5.67. The third-order valence-electron chi connectivity index (χ3n) is 3.18. The number of hydrogen-bond acceptors (Lipinski definition) is 4. The van der Waals surface area contributed by atoms with Crippen molar-refractivity contribution in [3.8, 4) is 5.75 Å². The molecule has 0 spiro atoms. The molecule has 1 fully saturated rings. The number of likely N-dealkylation sites (tertiary alicyclic amines) is 1. The third-order valence-corrected chi connectivity index (χ3v) is 3.18. The second-order valence-electron chi connectivity index (χ2n) is 4.54. The number of benzene rings is 1. The molecule has 17 heavy (non-hydrogen) atoms. The Morgan fingerprint density at radius 3 is 2.53 bits per heavy atom. The van der Waals surface area contributed by atoms with Gasteiger partial charge in [-0.3, -0.25) is 4.90 Å². The van der Waals surface area contributed by atoms with Crippen molar-refractivity contribution >= 4 is 11.4 Å². The van der Waals surface area contributed by atoms with Gasteiger partial charge in [-0.1, -0.05) is 6.42 Å². The van der Waals surface area contributed by atoms with E-state index in [0.29, 0.717) is 18.0 Å². The minimum Gasteiger partial charge on any atom is -0.492 e. The molecule has 0 atom stereocenters. The summed E-state index contributed by atoms with van der Waals surface area (Å²) in [6.07, 6.45) is 4.00. The topological polar surface area (TPSA) is 64.5 Å². The van der Waals surface area contributed by atoms with Gasteiger partial charge in [0.2, 0.25) is 0 Å². The minimum atomic E-state index is 0.584. The van der Waals surface area contributed by atoms with Crippen LogP contribution in [0.3, 0.4) is 0 Å². The monoisotopic (exact) mass is 235 g/mol. The summed E-state index contributed by atoms with van der Waals surface area (Å²) in [6, 6.07) is 5.43. The molecule has 2 rings (SSSR count). The molecule has 4 heteroatoms. The highest BCUT2D eigenvalue weighted by Gasteiger charge is 2.09. The predicted molar refractivity (Wildman–Crippen MR) is 71.1 cm³/mol. The van der Waals surface area contributed by atoms with Gasteiger partial charge in [-0.2, -0.15) is 0 Å². The number of piperidine rings is 1. The molecule has 4 N–H and O–H groups in total. The third kappa shape index (κ3) is 3.53. The van der Waals surface area contributed by atoms with Gasteiger partial charge in [0, 0.05) is 12.6 Å². The molecule has 94 valence electrons. The molecule has 0 aliphatic carbocycles. The fraction of sp³-hybridized carbons (Fsp3) is 0.538. The summed E-state index contributed by atoms with van der Waals surface area (Å²) in [7, 11) is 0.